The van der Waals surface area contributed by atoms with Crippen molar-refractivity contribution in [3.8, 4) is 22.8 Å². The molecule has 3 rings (SSSR count). The zero-order valence-electron chi connectivity index (χ0n) is 19.2. The van der Waals surface area contributed by atoms with Crippen molar-refractivity contribution < 1.29 is 24.2 Å². The Morgan fingerprint density at radius 3 is 2.45 bits per heavy atom. The minimum atomic E-state index is -1.02. The fraction of sp³-hybridized carbons (Fsp3) is 0.296. The van der Waals surface area contributed by atoms with Crippen LogP contribution in [0.3, 0.4) is 0 Å². The van der Waals surface area contributed by atoms with Crippen LogP contribution >= 0.6 is 0 Å². The number of hydrogen-bond donors (Lipinski definition) is 1. The molecule has 1 N–H and O–H groups in total. The van der Waals surface area contributed by atoms with Crippen LogP contribution in [0.5, 0.6) is 11.5 Å². The van der Waals surface area contributed by atoms with Crippen LogP contribution in [0.2, 0.25) is 0 Å². The summed E-state index contributed by atoms with van der Waals surface area (Å²) in [6.07, 6.45) is 2.61. The molecule has 6 nitrogen and oxygen atoms in total. The molecule has 0 bridgehead atoms. The van der Waals surface area contributed by atoms with Gasteiger partial charge in [-0.05, 0) is 62.6 Å². The molecular formula is C27H29NO5. The maximum atomic E-state index is 11.6. The van der Waals surface area contributed by atoms with Gasteiger partial charge in [0.25, 0.3) is 0 Å². The molecule has 1 atom stereocenters. The number of aromatic nitrogens is 1. The predicted octanol–water partition coefficient (Wildman–Crippen LogP) is 6.03. The van der Waals surface area contributed by atoms with E-state index in [-0.39, 0.29) is 18.5 Å². The SMILES string of the molecule is CCCC[C@H](Oc1ccc(OCC(=O)O)c(C)c1)c1cccc(-c2ccc(C(C)=O)cc2)n1. The molecule has 0 saturated carbocycles. The first-order chi connectivity index (χ1) is 15.9. The van der Waals surface area contributed by atoms with Crippen LogP contribution < -0.4 is 9.47 Å². The lowest BCUT2D eigenvalue weighted by molar-refractivity contribution is -0.139. The molecule has 3 aromatic rings. The van der Waals surface area contributed by atoms with Gasteiger partial charge in [-0.1, -0.05) is 43.7 Å². The number of ketones is 1. The topological polar surface area (TPSA) is 85.7 Å². The number of carbonyl (C=O) groups is 2. The number of unbranched alkanes of at least 4 members (excludes halogenated alkanes) is 1. The van der Waals surface area contributed by atoms with Gasteiger partial charge in [-0.15, -0.1) is 0 Å². The molecule has 0 aliphatic heterocycles. The number of Topliss-reactive ketones (excluding diaryl/α,β-unsaturated/α-hetero) is 1. The maximum Gasteiger partial charge on any atom is 0.341 e. The Bertz CT molecular complexity index is 1110. The van der Waals surface area contributed by atoms with Crippen LogP contribution in [0.1, 0.15) is 60.8 Å². The molecular weight excluding hydrogens is 418 g/mol. The Labute approximate surface area is 194 Å². The Morgan fingerprint density at radius 1 is 1.06 bits per heavy atom. The number of nitrogens with zero attached hydrogens (tertiary/aromatic N) is 1. The van der Waals surface area contributed by atoms with Gasteiger partial charge in [-0.3, -0.25) is 4.79 Å². The highest BCUT2D eigenvalue weighted by atomic mass is 16.5. The number of carboxylic acid groups (broad SMARTS) is 1. The number of rotatable bonds is 11. The molecule has 0 unspecified atom stereocenters. The van der Waals surface area contributed by atoms with E-state index in [1.54, 1.807) is 19.1 Å². The van der Waals surface area contributed by atoms with Gasteiger partial charge in [-0.25, -0.2) is 9.78 Å². The second-order valence-electron chi connectivity index (χ2n) is 7.94. The minimum absolute atomic E-state index is 0.0333. The van der Waals surface area contributed by atoms with E-state index in [1.807, 2.05) is 55.5 Å². The molecule has 0 aliphatic carbocycles. The van der Waals surface area contributed by atoms with Crippen molar-refractivity contribution in [2.75, 3.05) is 6.61 Å². The van der Waals surface area contributed by atoms with Crippen LogP contribution in [0, 0.1) is 6.92 Å². The van der Waals surface area contributed by atoms with Crippen LogP contribution in [0.15, 0.2) is 60.7 Å². The lowest BCUT2D eigenvalue weighted by atomic mass is 10.0. The number of aliphatic carboxylic acids is 1. The summed E-state index contributed by atoms with van der Waals surface area (Å²) in [6.45, 7) is 5.16. The summed E-state index contributed by atoms with van der Waals surface area (Å²) >= 11 is 0. The molecule has 0 spiro atoms. The summed E-state index contributed by atoms with van der Waals surface area (Å²) in [4.78, 5) is 27.2. The van der Waals surface area contributed by atoms with Gasteiger partial charge in [0.15, 0.2) is 12.4 Å². The Balaban J connectivity index is 1.83. The lowest BCUT2D eigenvalue weighted by Crippen LogP contribution is -2.11. The molecule has 6 heteroatoms. The van der Waals surface area contributed by atoms with E-state index < -0.39 is 5.97 Å². The summed E-state index contributed by atoms with van der Waals surface area (Å²) in [5.74, 6) is 0.209. The lowest BCUT2D eigenvalue weighted by Gasteiger charge is -2.20. The van der Waals surface area contributed by atoms with Crippen molar-refractivity contribution in [1.82, 2.24) is 4.98 Å². The average molecular weight is 448 g/mol. The molecule has 0 radical (unpaired) electrons. The first-order valence-electron chi connectivity index (χ1n) is 11.1. The fourth-order valence-electron chi connectivity index (χ4n) is 3.48. The van der Waals surface area contributed by atoms with Crippen molar-refractivity contribution in [2.45, 2.75) is 46.1 Å². The van der Waals surface area contributed by atoms with Gasteiger partial charge in [0, 0.05) is 11.1 Å². The van der Waals surface area contributed by atoms with Gasteiger partial charge in [0.2, 0.25) is 0 Å². The monoisotopic (exact) mass is 447 g/mol. The maximum absolute atomic E-state index is 11.6. The van der Waals surface area contributed by atoms with Crippen LogP contribution in [-0.2, 0) is 4.79 Å². The highest BCUT2D eigenvalue weighted by Gasteiger charge is 2.17. The summed E-state index contributed by atoms with van der Waals surface area (Å²) in [7, 11) is 0. The van der Waals surface area contributed by atoms with E-state index in [1.165, 1.54) is 0 Å². The van der Waals surface area contributed by atoms with Gasteiger partial charge in [0.1, 0.15) is 17.6 Å². The van der Waals surface area contributed by atoms with Crippen molar-refractivity contribution in [3.63, 3.8) is 0 Å². The third kappa shape index (κ3) is 6.65. The van der Waals surface area contributed by atoms with E-state index in [0.29, 0.717) is 17.1 Å². The van der Waals surface area contributed by atoms with Crippen molar-refractivity contribution in [2.24, 2.45) is 0 Å². The number of aryl methyl sites for hydroxylation is 1. The Kier molecular flexibility index (Phi) is 8.19. The van der Waals surface area contributed by atoms with E-state index in [9.17, 15) is 9.59 Å². The molecule has 2 aromatic carbocycles. The highest BCUT2D eigenvalue weighted by molar-refractivity contribution is 5.94. The number of hydrogen-bond acceptors (Lipinski definition) is 5. The molecule has 0 fully saturated rings. The number of benzene rings is 2. The van der Waals surface area contributed by atoms with Gasteiger partial charge >= 0.3 is 5.97 Å². The number of pyridine rings is 1. The Morgan fingerprint density at radius 2 is 1.82 bits per heavy atom. The van der Waals surface area contributed by atoms with E-state index >= 15 is 0 Å². The quantitative estimate of drug-likeness (QED) is 0.361. The smallest absolute Gasteiger partial charge is 0.341 e. The van der Waals surface area contributed by atoms with Crippen molar-refractivity contribution in [1.29, 1.82) is 0 Å². The zero-order valence-corrected chi connectivity index (χ0v) is 19.2. The van der Waals surface area contributed by atoms with Crippen molar-refractivity contribution in [3.05, 3.63) is 77.5 Å². The van der Waals surface area contributed by atoms with E-state index in [4.69, 9.17) is 19.6 Å². The molecule has 0 saturated heterocycles. The highest BCUT2D eigenvalue weighted by Crippen LogP contribution is 2.30. The minimum Gasteiger partial charge on any atom is -0.484 e. The van der Waals surface area contributed by atoms with E-state index in [2.05, 4.69) is 6.92 Å². The molecule has 172 valence electrons. The van der Waals surface area contributed by atoms with Crippen molar-refractivity contribution >= 4 is 11.8 Å². The average Bonchev–Trinajstić information content (AvgIpc) is 2.81. The molecule has 0 amide bonds. The Hall–Kier alpha value is -3.67. The zero-order chi connectivity index (χ0) is 23.8. The molecule has 1 aromatic heterocycles. The van der Waals surface area contributed by atoms with Crippen LogP contribution in [0.25, 0.3) is 11.3 Å². The predicted molar refractivity (Wildman–Crippen MR) is 127 cm³/mol. The normalized spacial score (nSPS) is 11.6. The second-order valence-corrected chi connectivity index (χ2v) is 7.94. The van der Waals surface area contributed by atoms with Crippen LogP contribution in [0.4, 0.5) is 0 Å². The second kappa shape index (κ2) is 11.3. The molecule has 0 aliphatic rings. The van der Waals surface area contributed by atoms with E-state index in [0.717, 1.165) is 41.8 Å². The largest absolute Gasteiger partial charge is 0.484 e. The van der Waals surface area contributed by atoms with Gasteiger partial charge in [0.05, 0.1) is 11.4 Å². The number of carbonyl (C=O) groups excluding carboxylic acids is 1. The van der Waals surface area contributed by atoms with Crippen LogP contribution in [-0.4, -0.2) is 28.4 Å². The fourth-order valence-corrected chi connectivity index (χ4v) is 3.48. The standard InChI is InChI=1S/C27H29NO5/c1-4-5-9-26(33-22-14-15-25(18(2)16-22)32-17-27(30)31)24-8-6-7-23(28-24)21-12-10-20(11-13-21)19(3)29/h6-8,10-16,26H,4-5,9,17H2,1-3H3,(H,30,31)/t26-/m0/s1. The summed E-state index contributed by atoms with van der Waals surface area (Å²) < 4.78 is 11.6. The number of ether oxygens (including phenoxy) is 2. The third-order valence-corrected chi connectivity index (χ3v) is 5.28. The molecule has 1 heterocycles. The van der Waals surface area contributed by atoms with Gasteiger partial charge < -0.3 is 14.6 Å². The first kappa shape index (κ1) is 24.0. The first-order valence-corrected chi connectivity index (χ1v) is 11.1. The van der Waals surface area contributed by atoms with Gasteiger partial charge in [-0.2, -0.15) is 0 Å². The molecule has 33 heavy (non-hydrogen) atoms. The number of carboxylic acids is 1. The third-order valence-electron chi connectivity index (χ3n) is 5.28. The summed E-state index contributed by atoms with van der Waals surface area (Å²) in [5, 5.41) is 8.82. The summed E-state index contributed by atoms with van der Waals surface area (Å²) in [5.41, 5.74) is 4.06. The summed E-state index contributed by atoms with van der Waals surface area (Å²) in [6, 6.07) is 18.7.